The van der Waals surface area contributed by atoms with Gasteiger partial charge < -0.3 is 9.32 Å². The summed E-state index contributed by atoms with van der Waals surface area (Å²) in [6.45, 7) is 0. The third kappa shape index (κ3) is 5.29. The molecule has 2 heterocycles. The molecule has 2 nitrogen and oxygen atoms in total. The normalized spacial score (nSPS) is 13.7. The first-order chi connectivity index (χ1) is 27.3. The van der Waals surface area contributed by atoms with E-state index in [0.717, 1.165) is 39.0 Å². The smallest absolute Gasteiger partial charge is 0.159 e. The number of anilines is 3. The summed E-state index contributed by atoms with van der Waals surface area (Å²) in [6, 6.07) is 62.4. The maximum absolute atomic E-state index is 6.84. The molecule has 1 saturated carbocycles. The molecule has 0 N–H and O–H groups in total. The van der Waals surface area contributed by atoms with Crippen LogP contribution in [0.3, 0.4) is 0 Å². The molecule has 0 bridgehead atoms. The molecule has 11 rings (SSSR count). The van der Waals surface area contributed by atoms with Gasteiger partial charge in [0.1, 0.15) is 5.58 Å². The summed E-state index contributed by atoms with van der Waals surface area (Å²) in [4.78, 5) is 2.48. The van der Waals surface area contributed by atoms with E-state index in [1.54, 1.807) is 0 Å². The Bertz CT molecular complexity index is 3050. The van der Waals surface area contributed by atoms with Crippen LogP contribution in [-0.2, 0) is 0 Å². The number of hydrogen-bond acceptors (Lipinski definition) is 3. The molecular weight excluding hydrogens is 687 g/mol. The van der Waals surface area contributed by atoms with Crippen LogP contribution < -0.4 is 4.90 Å². The Hall–Kier alpha value is -6.16. The van der Waals surface area contributed by atoms with E-state index in [4.69, 9.17) is 4.42 Å². The van der Waals surface area contributed by atoms with Gasteiger partial charge in [-0.05, 0) is 82.6 Å². The van der Waals surface area contributed by atoms with Crippen molar-refractivity contribution < 1.29 is 4.42 Å². The van der Waals surface area contributed by atoms with Gasteiger partial charge in [0, 0.05) is 42.1 Å². The van der Waals surface area contributed by atoms with Crippen LogP contribution in [-0.4, -0.2) is 0 Å². The number of furan rings is 1. The quantitative estimate of drug-likeness (QED) is 0.170. The molecule has 264 valence electrons. The fourth-order valence-corrected chi connectivity index (χ4v) is 10.6. The molecule has 10 aromatic rings. The monoisotopic (exact) mass is 725 g/mol. The molecule has 1 aliphatic carbocycles. The summed E-state index contributed by atoms with van der Waals surface area (Å²) in [7, 11) is 0. The van der Waals surface area contributed by atoms with Gasteiger partial charge in [0.15, 0.2) is 5.58 Å². The zero-order valence-corrected chi connectivity index (χ0v) is 31.4. The van der Waals surface area contributed by atoms with E-state index in [0.29, 0.717) is 5.92 Å². The number of fused-ring (bicyclic) bond motifs is 7. The zero-order valence-electron chi connectivity index (χ0n) is 30.5. The van der Waals surface area contributed by atoms with Crippen LogP contribution in [0.2, 0.25) is 0 Å². The largest absolute Gasteiger partial charge is 0.454 e. The average molecular weight is 726 g/mol. The van der Waals surface area contributed by atoms with E-state index in [-0.39, 0.29) is 0 Å². The minimum Gasteiger partial charge on any atom is -0.454 e. The molecule has 1 aliphatic rings. The summed E-state index contributed by atoms with van der Waals surface area (Å²) in [5.41, 5.74) is 11.4. The van der Waals surface area contributed by atoms with E-state index < -0.39 is 0 Å². The number of thiophene rings is 1. The van der Waals surface area contributed by atoms with E-state index in [2.05, 4.69) is 175 Å². The van der Waals surface area contributed by atoms with Gasteiger partial charge >= 0.3 is 0 Å². The van der Waals surface area contributed by atoms with E-state index in [1.807, 2.05) is 11.3 Å². The van der Waals surface area contributed by atoms with E-state index in [1.165, 1.54) is 90.9 Å². The SMILES string of the molecule is c1ccc(N(c2ccccc2-c2cccc3sc4ccccc4c23)c2cccc3c2oc2ccccc23)c(-c2cccc3cccc(C4CCCCC4)c23)c1. The fraction of sp³-hybridized carbons (Fsp3) is 0.115. The van der Waals surface area contributed by atoms with Crippen molar-refractivity contribution >= 4 is 81.3 Å². The molecule has 0 unspecified atom stereocenters. The van der Waals surface area contributed by atoms with Crippen LogP contribution in [0.15, 0.2) is 174 Å². The molecule has 0 saturated heterocycles. The van der Waals surface area contributed by atoms with Crippen molar-refractivity contribution in [3.05, 3.63) is 175 Å². The molecule has 2 aromatic heterocycles. The van der Waals surface area contributed by atoms with Gasteiger partial charge in [-0.25, -0.2) is 0 Å². The van der Waals surface area contributed by atoms with Gasteiger partial charge in [-0.1, -0.05) is 153 Å². The first-order valence-corrected chi connectivity index (χ1v) is 20.4. The number of para-hydroxylation sites is 4. The molecular formula is C52H39NOS. The van der Waals surface area contributed by atoms with Gasteiger partial charge in [0.2, 0.25) is 0 Å². The fourth-order valence-electron chi connectivity index (χ4n) is 9.44. The first kappa shape index (κ1) is 32.3. The molecule has 0 spiro atoms. The maximum atomic E-state index is 6.84. The van der Waals surface area contributed by atoms with Crippen LogP contribution in [0.25, 0.3) is 75.1 Å². The summed E-state index contributed by atoms with van der Waals surface area (Å²) in [5, 5.41) is 7.53. The van der Waals surface area contributed by atoms with Crippen LogP contribution in [0, 0.1) is 0 Å². The summed E-state index contributed by atoms with van der Waals surface area (Å²) < 4.78 is 9.45. The minimum atomic E-state index is 0.577. The Morgan fingerprint density at radius 3 is 1.80 bits per heavy atom. The van der Waals surface area contributed by atoms with Crippen LogP contribution in [0.4, 0.5) is 17.1 Å². The van der Waals surface area contributed by atoms with Crippen LogP contribution >= 0.6 is 11.3 Å². The van der Waals surface area contributed by atoms with Gasteiger partial charge in [-0.15, -0.1) is 11.3 Å². The molecule has 1 fully saturated rings. The van der Waals surface area contributed by atoms with Gasteiger partial charge in [0.05, 0.1) is 17.1 Å². The van der Waals surface area contributed by atoms with Crippen molar-refractivity contribution in [1.29, 1.82) is 0 Å². The van der Waals surface area contributed by atoms with Gasteiger partial charge in [0.25, 0.3) is 0 Å². The third-order valence-electron chi connectivity index (χ3n) is 11.9. The maximum Gasteiger partial charge on any atom is 0.159 e. The number of hydrogen-bond donors (Lipinski definition) is 0. The average Bonchev–Trinajstić information content (AvgIpc) is 3.83. The lowest BCUT2D eigenvalue weighted by atomic mass is 9.80. The lowest BCUT2D eigenvalue weighted by Gasteiger charge is -2.30. The van der Waals surface area contributed by atoms with Gasteiger partial charge in [-0.2, -0.15) is 0 Å². The van der Waals surface area contributed by atoms with E-state index >= 15 is 0 Å². The highest BCUT2D eigenvalue weighted by molar-refractivity contribution is 7.25. The number of nitrogens with zero attached hydrogens (tertiary/aromatic N) is 1. The highest BCUT2D eigenvalue weighted by atomic mass is 32.1. The third-order valence-corrected chi connectivity index (χ3v) is 13.0. The lowest BCUT2D eigenvalue weighted by molar-refractivity contribution is 0.445. The molecule has 8 aromatic carbocycles. The zero-order chi connectivity index (χ0) is 36.3. The molecule has 3 heteroatoms. The van der Waals surface area contributed by atoms with Crippen molar-refractivity contribution in [2.45, 2.75) is 38.0 Å². The highest BCUT2D eigenvalue weighted by Gasteiger charge is 2.27. The standard InChI is InChI=1S/C52H39NOS/c1-2-16-34(17-3-1)36-24-12-18-35-19-13-25-40(50(35)36)37-20-4-8-28-44(37)53(46-30-14-27-42-39-22-6-10-31-47(39)54-52(42)46)45-29-9-5-21-38(45)41-26-15-33-49-51(41)43-23-7-11-32-48(43)55-49/h4-15,18-34H,1-3,16-17H2. The van der Waals surface area contributed by atoms with E-state index in [9.17, 15) is 0 Å². The second-order valence-electron chi connectivity index (χ2n) is 15.0. The summed E-state index contributed by atoms with van der Waals surface area (Å²) in [5.74, 6) is 0.577. The minimum absolute atomic E-state index is 0.577. The Labute approximate surface area is 324 Å². The van der Waals surface area contributed by atoms with Crippen molar-refractivity contribution in [2.24, 2.45) is 0 Å². The van der Waals surface area contributed by atoms with Crippen LogP contribution in [0.1, 0.15) is 43.6 Å². The number of rotatable bonds is 6. The molecule has 0 radical (unpaired) electrons. The Kier molecular flexibility index (Phi) is 7.81. The van der Waals surface area contributed by atoms with Crippen LogP contribution in [0.5, 0.6) is 0 Å². The predicted octanol–water partition coefficient (Wildman–Crippen LogP) is 16.0. The van der Waals surface area contributed by atoms with Gasteiger partial charge in [-0.3, -0.25) is 0 Å². The molecule has 0 amide bonds. The Morgan fingerprint density at radius 2 is 1.00 bits per heavy atom. The second-order valence-corrected chi connectivity index (χ2v) is 16.1. The molecule has 55 heavy (non-hydrogen) atoms. The number of benzene rings is 8. The van der Waals surface area contributed by atoms with Crippen molar-refractivity contribution in [2.75, 3.05) is 4.90 Å². The predicted molar refractivity (Wildman–Crippen MR) is 235 cm³/mol. The lowest BCUT2D eigenvalue weighted by Crippen LogP contribution is -2.13. The summed E-state index contributed by atoms with van der Waals surface area (Å²) in [6.07, 6.45) is 6.46. The molecule has 0 atom stereocenters. The molecule has 0 aliphatic heterocycles. The van der Waals surface area contributed by atoms with Crippen molar-refractivity contribution in [1.82, 2.24) is 0 Å². The highest BCUT2D eigenvalue weighted by Crippen LogP contribution is 2.51. The van der Waals surface area contributed by atoms with Crippen molar-refractivity contribution in [3.8, 4) is 22.3 Å². The first-order valence-electron chi connectivity index (χ1n) is 19.6. The Balaban J connectivity index is 1.22. The topological polar surface area (TPSA) is 16.4 Å². The van der Waals surface area contributed by atoms with Crippen molar-refractivity contribution in [3.63, 3.8) is 0 Å². The Morgan fingerprint density at radius 1 is 0.436 bits per heavy atom. The second kappa shape index (κ2) is 13.3. The summed E-state index contributed by atoms with van der Waals surface area (Å²) >= 11 is 1.87.